The van der Waals surface area contributed by atoms with E-state index in [1.807, 2.05) is 6.92 Å². The van der Waals surface area contributed by atoms with Crippen LogP contribution >= 0.6 is 11.5 Å². The number of phenolic OH excluding ortho intramolecular Hbond substituents is 1. The number of methoxy groups -OCH3 is 1. The van der Waals surface area contributed by atoms with Crippen LogP contribution in [0.15, 0.2) is 30.3 Å². The molecule has 1 aliphatic rings. The number of rotatable bonds is 3. The number of carbonyl (C=O) groups excluding carboxylic acids is 2. The summed E-state index contributed by atoms with van der Waals surface area (Å²) in [5.74, 6) is -0.936. The van der Waals surface area contributed by atoms with E-state index in [2.05, 4.69) is 4.37 Å². The molecule has 1 aromatic carbocycles. The van der Waals surface area contributed by atoms with Gasteiger partial charge in [-0.05, 0) is 42.2 Å². The lowest BCUT2D eigenvalue weighted by Crippen LogP contribution is -2.30. The van der Waals surface area contributed by atoms with E-state index in [-0.39, 0.29) is 23.5 Å². The zero-order valence-electron chi connectivity index (χ0n) is 13.4. The topological polar surface area (TPSA) is 79.7 Å². The number of hydrogen-bond donors (Lipinski definition) is 1. The van der Waals surface area contributed by atoms with E-state index in [1.54, 1.807) is 35.2 Å². The molecule has 24 heavy (non-hydrogen) atoms. The van der Waals surface area contributed by atoms with E-state index in [9.17, 15) is 14.7 Å². The summed E-state index contributed by atoms with van der Waals surface area (Å²) in [7, 11) is 1.35. The van der Waals surface area contributed by atoms with Crippen molar-refractivity contribution in [2.24, 2.45) is 5.92 Å². The van der Waals surface area contributed by atoms with Crippen molar-refractivity contribution >= 4 is 23.4 Å². The first-order chi connectivity index (χ1) is 11.5. The fourth-order valence-corrected chi connectivity index (χ4v) is 3.59. The van der Waals surface area contributed by atoms with Crippen molar-refractivity contribution in [1.29, 1.82) is 0 Å². The Balaban J connectivity index is 1.86. The molecule has 2 heterocycles. The predicted molar refractivity (Wildman–Crippen MR) is 89.1 cm³/mol. The summed E-state index contributed by atoms with van der Waals surface area (Å²) in [6, 6.07) is 8.47. The quantitative estimate of drug-likeness (QED) is 0.862. The number of carbonyl (C=O) groups is 2. The summed E-state index contributed by atoms with van der Waals surface area (Å²) < 4.78 is 9.07. The zero-order valence-corrected chi connectivity index (χ0v) is 14.2. The third-order valence-electron chi connectivity index (χ3n) is 4.28. The smallest absolute Gasteiger partial charge is 0.311 e. The van der Waals surface area contributed by atoms with Gasteiger partial charge in [-0.15, -0.1) is 0 Å². The Morgan fingerprint density at radius 3 is 2.58 bits per heavy atom. The highest BCUT2D eigenvalue weighted by molar-refractivity contribution is 7.05. The molecule has 1 fully saturated rings. The third-order valence-corrected chi connectivity index (χ3v) is 4.97. The van der Waals surface area contributed by atoms with Gasteiger partial charge < -0.3 is 14.7 Å². The summed E-state index contributed by atoms with van der Waals surface area (Å²) in [6.07, 6.45) is 0. The molecule has 0 bridgehead atoms. The van der Waals surface area contributed by atoms with Gasteiger partial charge in [0.25, 0.3) is 5.91 Å². The first-order valence-electron chi connectivity index (χ1n) is 7.59. The number of amides is 1. The maximum Gasteiger partial charge on any atom is 0.311 e. The lowest BCUT2D eigenvalue weighted by Gasteiger charge is -2.16. The summed E-state index contributed by atoms with van der Waals surface area (Å²) >= 11 is 1.28. The predicted octanol–water partition coefficient (Wildman–Crippen LogP) is 2.19. The molecule has 1 amide bonds. The minimum atomic E-state index is -0.428. The van der Waals surface area contributed by atoms with Gasteiger partial charge in [0.05, 0.1) is 13.0 Å². The number of benzene rings is 1. The number of phenols is 1. The Morgan fingerprint density at radius 2 is 2.00 bits per heavy atom. The molecule has 0 spiro atoms. The van der Waals surface area contributed by atoms with Gasteiger partial charge in [0.2, 0.25) is 0 Å². The Morgan fingerprint density at radius 1 is 1.29 bits per heavy atom. The Hall–Kier alpha value is -2.41. The molecule has 3 rings (SSSR count). The van der Waals surface area contributed by atoms with Gasteiger partial charge in [0.15, 0.2) is 0 Å². The van der Waals surface area contributed by atoms with Gasteiger partial charge in [-0.25, -0.2) is 0 Å². The number of aromatic nitrogens is 1. The van der Waals surface area contributed by atoms with E-state index in [4.69, 9.17) is 4.74 Å². The van der Waals surface area contributed by atoms with Crippen LogP contribution in [0.25, 0.3) is 0 Å². The van der Waals surface area contributed by atoms with Crippen molar-refractivity contribution in [1.82, 2.24) is 9.27 Å². The maximum atomic E-state index is 12.6. The van der Waals surface area contributed by atoms with Gasteiger partial charge in [-0.1, -0.05) is 12.1 Å². The van der Waals surface area contributed by atoms with Crippen molar-refractivity contribution in [3.8, 4) is 5.75 Å². The molecule has 1 N–H and O–H groups in total. The number of nitrogens with zero attached hydrogens (tertiary/aromatic N) is 2. The van der Waals surface area contributed by atoms with Crippen molar-refractivity contribution in [2.45, 2.75) is 12.8 Å². The lowest BCUT2D eigenvalue weighted by molar-refractivity contribution is -0.145. The Bertz CT molecular complexity index is 756. The standard InChI is InChI=1S/C17H18N2O4S/c1-10-7-15(18-24-10)16(21)19-8-13(14(9-19)17(22)23-2)11-3-5-12(20)6-4-11/h3-7,13-14,20H,8-9H2,1-2H3/t13-,14+/m0/s1. The summed E-state index contributed by atoms with van der Waals surface area (Å²) in [6.45, 7) is 2.61. The molecule has 0 unspecified atom stereocenters. The van der Waals surface area contributed by atoms with Crippen LogP contribution in [0, 0.1) is 12.8 Å². The molecule has 1 aromatic heterocycles. The van der Waals surface area contributed by atoms with E-state index in [1.165, 1.54) is 18.6 Å². The first kappa shape index (κ1) is 16.4. The molecule has 0 aliphatic carbocycles. The van der Waals surface area contributed by atoms with Crippen LogP contribution in [-0.2, 0) is 9.53 Å². The van der Waals surface area contributed by atoms with Gasteiger partial charge in [0.1, 0.15) is 11.4 Å². The second-order valence-electron chi connectivity index (χ2n) is 5.86. The minimum Gasteiger partial charge on any atom is -0.508 e. The SMILES string of the molecule is COC(=O)[C@@H]1CN(C(=O)c2cc(C)sn2)C[C@H]1c1ccc(O)cc1. The molecule has 7 heteroatoms. The number of esters is 1. The molecular weight excluding hydrogens is 328 g/mol. The van der Waals surface area contributed by atoms with Crippen LogP contribution in [-0.4, -0.2) is 46.5 Å². The summed E-state index contributed by atoms with van der Waals surface area (Å²) in [4.78, 5) is 27.4. The van der Waals surface area contributed by atoms with E-state index < -0.39 is 5.92 Å². The highest BCUT2D eigenvalue weighted by Gasteiger charge is 2.41. The highest BCUT2D eigenvalue weighted by atomic mass is 32.1. The molecule has 0 saturated carbocycles. The lowest BCUT2D eigenvalue weighted by atomic mass is 9.89. The molecule has 6 nitrogen and oxygen atoms in total. The van der Waals surface area contributed by atoms with Crippen LogP contribution < -0.4 is 0 Å². The molecule has 126 valence electrons. The fourth-order valence-electron chi connectivity index (χ4n) is 3.05. The highest BCUT2D eigenvalue weighted by Crippen LogP contribution is 2.35. The average molecular weight is 346 g/mol. The van der Waals surface area contributed by atoms with E-state index in [0.29, 0.717) is 18.8 Å². The summed E-state index contributed by atoms with van der Waals surface area (Å²) in [5, 5.41) is 9.45. The monoisotopic (exact) mass is 346 g/mol. The average Bonchev–Trinajstić information content (AvgIpc) is 3.21. The van der Waals surface area contributed by atoms with Crippen molar-refractivity contribution in [2.75, 3.05) is 20.2 Å². The normalized spacial score (nSPS) is 20.2. The van der Waals surface area contributed by atoms with Crippen molar-refractivity contribution in [3.63, 3.8) is 0 Å². The Kier molecular flexibility index (Phi) is 4.53. The van der Waals surface area contributed by atoms with Crippen LogP contribution in [0.4, 0.5) is 0 Å². The largest absolute Gasteiger partial charge is 0.508 e. The second kappa shape index (κ2) is 6.60. The van der Waals surface area contributed by atoms with E-state index >= 15 is 0 Å². The number of hydrogen-bond acceptors (Lipinski definition) is 6. The molecule has 0 radical (unpaired) electrons. The minimum absolute atomic E-state index is 0.164. The number of aryl methyl sites for hydroxylation is 1. The van der Waals surface area contributed by atoms with E-state index in [0.717, 1.165) is 10.4 Å². The van der Waals surface area contributed by atoms with Crippen LogP contribution in [0.1, 0.15) is 26.8 Å². The van der Waals surface area contributed by atoms with Gasteiger partial charge in [-0.3, -0.25) is 9.59 Å². The molecule has 1 saturated heterocycles. The fraction of sp³-hybridized carbons (Fsp3) is 0.353. The maximum absolute atomic E-state index is 12.6. The van der Waals surface area contributed by atoms with Crippen molar-refractivity contribution in [3.05, 3.63) is 46.5 Å². The Labute approximate surface area is 143 Å². The third kappa shape index (κ3) is 3.12. The number of ether oxygens (including phenoxy) is 1. The molecule has 2 atom stereocenters. The van der Waals surface area contributed by atoms with Gasteiger partial charge >= 0.3 is 5.97 Å². The van der Waals surface area contributed by atoms with Gasteiger partial charge in [0, 0.05) is 23.9 Å². The second-order valence-corrected chi connectivity index (χ2v) is 6.87. The van der Waals surface area contributed by atoms with Gasteiger partial charge in [-0.2, -0.15) is 4.37 Å². The molecule has 1 aliphatic heterocycles. The van der Waals surface area contributed by atoms with Crippen molar-refractivity contribution < 1.29 is 19.4 Å². The number of likely N-dealkylation sites (tertiary alicyclic amines) is 1. The van der Waals surface area contributed by atoms with Crippen LogP contribution in [0.3, 0.4) is 0 Å². The summed E-state index contributed by atoms with van der Waals surface area (Å²) in [5.41, 5.74) is 1.31. The first-order valence-corrected chi connectivity index (χ1v) is 8.36. The molecular formula is C17H18N2O4S. The molecule has 2 aromatic rings. The zero-order chi connectivity index (χ0) is 17.3. The van der Waals surface area contributed by atoms with Crippen LogP contribution in [0.5, 0.6) is 5.75 Å². The number of aromatic hydroxyl groups is 1. The van der Waals surface area contributed by atoms with Crippen LogP contribution in [0.2, 0.25) is 0 Å².